The summed E-state index contributed by atoms with van der Waals surface area (Å²) in [5.74, 6) is 0. The minimum absolute atomic E-state index is 0.158. The van der Waals surface area contributed by atoms with Gasteiger partial charge >= 0.3 is 13.8 Å². The van der Waals surface area contributed by atoms with Crippen molar-refractivity contribution in [3.05, 3.63) is 63.7 Å². The van der Waals surface area contributed by atoms with E-state index < -0.39 is 36.1 Å². The zero-order valence-electron chi connectivity index (χ0n) is 16.0. The molecule has 2 fully saturated rings. The molecule has 0 bridgehead atoms. The second-order valence-corrected chi connectivity index (χ2v) is 9.55. The minimum Gasteiger partial charge on any atom is -0.298 e. The summed E-state index contributed by atoms with van der Waals surface area (Å²) in [4.78, 5) is 10.8. The van der Waals surface area contributed by atoms with Crippen LogP contribution in [0.4, 0.5) is 18.9 Å². The molecule has 0 spiro atoms. The number of nitrogens with zero attached hydrogens (tertiary/aromatic N) is 3. The molecule has 160 valence electrons. The van der Waals surface area contributed by atoms with Crippen molar-refractivity contribution in [1.29, 1.82) is 0 Å². The molecule has 30 heavy (non-hydrogen) atoms. The first kappa shape index (κ1) is 21.0. The van der Waals surface area contributed by atoms with Crippen molar-refractivity contribution in [2.75, 3.05) is 26.2 Å². The summed E-state index contributed by atoms with van der Waals surface area (Å²) < 4.78 is 63.0. The number of alkyl halides is 3. The smallest absolute Gasteiger partial charge is 0.298 e. The Bertz CT molecular complexity index is 1020. The van der Waals surface area contributed by atoms with Gasteiger partial charge in [0.2, 0.25) is 0 Å². The number of hydrogen-bond acceptors (Lipinski definition) is 4. The van der Waals surface area contributed by atoms with E-state index in [0.29, 0.717) is 31.7 Å². The quantitative estimate of drug-likeness (QED) is 0.258. The Kier molecular flexibility index (Phi) is 5.22. The van der Waals surface area contributed by atoms with E-state index in [1.54, 1.807) is 16.3 Å². The Morgan fingerprint density at radius 1 is 1.07 bits per heavy atom. The van der Waals surface area contributed by atoms with Gasteiger partial charge in [0.1, 0.15) is 0 Å². The average molecular weight is 441 g/mol. The van der Waals surface area contributed by atoms with Gasteiger partial charge in [-0.3, -0.25) is 19.2 Å². The van der Waals surface area contributed by atoms with E-state index >= 15 is 0 Å². The first-order chi connectivity index (χ1) is 14.1. The summed E-state index contributed by atoms with van der Waals surface area (Å²) in [6.07, 6.45) is -5.40. The van der Waals surface area contributed by atoms with E-state index in [0.717, 1.165) is 12.1 Å². The van der Waals surface area contributed by atoms with Gasteiger partial charge < -0.3 is 0 Å². The molecule has 2 aliphatic heterocycles. The first-order valence-corrected chi connectivity index (χ1v) is 10.9. The largest absolute Gasteiger partial charge is 0.417 e. The van der Waals surface area contributed by atoms with E-state index in [1.807, 2.05) is 0 Å². The number of benzene rings is 2. The van der Waals surface area contributed by atoms with E-state index in [1.165, 1.54) is 30.3 Å². The van der Waals surface area contributed by atoms with Crippen molar-refractivity contribution >= 4 is 13.4 Å². The van der Waals surface area contributed by atoms with Crippen LogP contribution in [0.1, 0.15) is 24.2 Å². The number of halogens is 3. The third-order valence-electron chi connectivity index (χ3n) is 5.07. The van der Waals surface area contributed by atoms with Crippen LogP contribution in [0.5, 0.6) is 0 Å². The summed E-state index contributed by atoms with van der Waals surface area (Å²) in [6, 6.07) is 8.64. The standard InChI is InChI=1S/C19H19F3N3O4P/c1-13(29-30(28,23-8-9-23)24-10-11-24)14-6-7-18(25(26)27)16(12-14)15-4-2-3-5-17(15)19(20,21)22/h2-7,12-13H,8-11H2,1H3. The maximum Gasteiger partial charge on any atom is 0.417 e. The maximum atomic E-state index is 13.5. The van der Waals surface area contributed by atoms with Crippen LogP contribution in [0.2, 0.25) is 0 Å². The zero-order valence-corrected chi connectivity index (χ0v) is 16.9. The molecule has 2 aliphatic rings. The lowest BCUT2D eigenvalue weighted by Gasteiger charge is -2.24. The highest BCUT2D eigenvalue weighted by Gasteiger charge is 2.50. The second-order valence-electron chi connectivity index (χ2n) is 7.22. The predicted octanol–water partition coefficient (Wildman–Crippen LogP) is 5.10. The van der Waals surface area contributed by atoms with Crippen LogP contribution in [0.3, 0.4) is 0 Å². The SMILES string of the molecule is CC(OP(=O)(N1CC1)N1CC1)c1ccc([N+](=O)[O-])c(-c2ccccc2C(F)(F)F)c1. The molecule has 2 aromatic carbocycles. The van der Waals surface area contributed by atoms with Crippen molar-refractivity contribution in [3.8, 4) is 11.1 Å². The summed E-state index contributed by atoms with van der Waals surface area (Å²) in [5, 5.41) is 11.5. The molecule has 0 aromatic heterocycles. The second kappa shape index (κ2) is 7.46. The maximum absolute atomic E-state index is 13.5. The van der Waals surface area contributed by atoms with Gasteiger partial charge in [-0.05, 0) is 30.7 Å². The van der Waals surface area contributed by atoms with E-state index in [2.05, 4.69) is 0 Å². The van der Waals surface area contributed by atoms with Gasteiger partial charge in [-0.1, -0.05) is 18.2 Å². The van der Waals surface area contributed by atoms with Gasteiger partial charge in [0.15, 0.2) is 0 Å². The fourth-order valence-corrected chi connectivity index (χ4v) is 5.67. The number of rotatable bonds is 7. The van der Waals surface area contributed by atoms with E-state index in [-0.39, 0.29) is 11.1 Å². The van der Waals surface area contributed by atoms with Crippen LogP contribution in [0.15, 0.2) is 42.5 Å². The molecule has 11 heteroatoms. The van der Waals surface area contributed by atoms with Crippen molar-refractivity contribution in [1.82, 2.24) is 9.34 Å². The van der Waals surface area contributed by atoms with Crippen LogP contribution < -0.4 is 0 Å². The molecule has 0 N–H and O–H groups in total. The number of hydrogen-bond donors (Lipinski definition) is 0. The van der Waals surface area contributed by atoms with Crippen LogP contribution in [0.25, 0.3) is 11.1 Å². The predicted molar refractivity (Wildman–Crippen MR) is 104 cm³/mol. The lowest BCUT2D eigenvalue weighted by atomic mass is 9.95. The molecule has 2 saturated heterocycles. The van der Waals surface area contributed by atoms with Gasteiger partial charge in [-0.25, -0.2) is 9.34 Å². The van der Waals surface area contributed by atoms with Crippen molar-refractivity contribution in [2.45, 2.75) is 19.2 Å². The normalized spacial score (nSPS) is 18.3. The molecule has 1 atom stereocenters. The molecule has 0 saturated carbocycles. The van der Waals surface area contributed by atoms with Crippen LogP contribution in [-0.2, 0) is 15.3 Å². The highest BCUT2D eigenvalue weighted by molar-refractivity contribution is 7.54. The van der Waals surface area contributed by atoms with Crippen LogP contribution in [0, 0.1) is 10.1 Å². The van der Waals surface area contributed by atoms with Gasteiger partial charge in [-0.15, -0.1) is 0 Å². The summed E-state index contributed by atoms with van der Waals surface area (Å²) in [6.45, 7) is 4.27. The molecule has 1 unspecified atom stereocenters. The molecule has 2 aromatic rings. The van der Waals surface area contributed by atoms with Crippen LogP contribution >= 0.6 is 7.67 Å². The molecular formula is C19H19F3N3O4P. The lowest BCUT2D eigenvalue weighted by Crippen LogP contribution is -2.11. The Morgan fingerprint density at radius 3 is 2.20 bits per heavy atom. The third kappa shape index (κ3) is 4.00. The molecule has 0 amide bonds. The molecular weight excluding hydrogens is 422 g/mol. The average Bonchev–Trinajstić information content (AvgIpc) is 3.57. The Hall–Kier alpha value is -2.26. The van der Waals surface area contributed by atoms with Crippen LogP contribution in [-0.4, -0.2) is 40.4 Å². The van der Waals surface area contributed by atoms with Crippen molar-refractivity contribution < 1.29 is 27.2 Å². The van der Waals surface area contributed by atoms with Gasteiger partial charge in [-0.2, -0.15) is 13.2 Å². The summed E-state index contributed by atoms with van der Waals surface area (Å²) in [5.41, 5.74) is -1.43. The number of nitro benzene ring substituents is 1. The van der Waals surface area contributed by atoms with Gasteiger partial charge in [0, 0.05) is 37.8 Å². The minimum atomic E-state index is -4.67. The van der Waals surface area contributed by atoms with Gasteiger partial charge in [0.25, 0.3) is 5.69 Å². The highest BCUT2D eigenvalue weighted by Crippen LogP contribution is 2.63. The summed E-state index contributed by atoms with van der Waals surface area (Å²) in [7, 11) is -3.16. The highest BCUT2D eigenvalue weighted by atomic mass is 31.2. The topological polar surface area (TPSA) is 75.5 Å². The summed E-state index contributed by atoms with van der Waals surface area (Å²) >= 11 is 0. The lowest BCUT2D eigenvalue weighted by molar-refractivity contribution is -0.384. The fourth-order valence-electron chi connectivity index (χ4n) is 3.32. The Balaban J connectivity index is 1.74. The Labute approximate surface area is 170 Å². The van der Waals surface area contributed by atoms with Crippen molar-refractivity contribution in [2.24, 2.45) is 0 Å². The number of nitro groups is 1. The zero-order chi connectivity index (χ0) is 21.7. The Morgan fingerprint density at radius 2 is 1.67 bits per heavy atom. The fraction of sp³-hybridized carbons (Fsp3) is 0.368. The van der Waals surface area contributed by atoms with E-state index in [4.69, 9.17) is 4.52 Å². The van der Waals surface area contributed by atoms with E-state index in [9.17, 15) is 27.9 Å². The monoisotopic (exact) mass is 441 g/mol. The first-order valence-electron chi connectivity index (χ1n) is 9.35. The molecule has 0 radical (unpaired) electrons. The molecule has 0 aliphatic carbocycles. The molecule has 4 rings (SSSR count). The molecule has 7 nitrogen and oxygen atoms in total. The van der Waals surface area contributed by atoms with Crippen molar-refractivity contribution in [3.63, 3.8) is 0 Å². The van der Waals surface area contributed by atoms with Gasteiger partial charge in [0.05, 0.1) is 22.2 Å². The molecule has 2 heterocycles. The third-order valence-corrected chi connectivity index (χ3v) is 7.89.